The normalized spacial score (nSPS) is 10.6. The van der Waals surface area contributed by atoms with Gasteiger partial charge in [-0.15, -0.1) is 11.3 Å². The summed E-state index contributed by atoms with van der Waals surface area (Å²) in [5, 5.41) is 7.65. The summed E-state index contributed by atoms with van der Waals surface area (Å²) in [6.45, 7) is 5.35. The number of rotatable bonds is 2. The molecule has 0 aliphatic carbocycles. The number of nitrogens with one attached hydrogen (secondary N) is 1. The van der Waals surface area contributed by atoms with Crippen LogP contribution in [0.4, 0.5) is 0 Å². The Morgan fingerprint density at radius 3 is 2.67 bits per heavy atom. The van der Waals surface area contributed by atoms with Gasteiger partial charge >= 0.3 is 0 Å². The summed E-state index contributed by atoms with van der Waals surface area (Å²) in [5.74, 6) is 0.0670. The first-order valence-corrected chi connectivity index (χ1v) is 5.40. The molecule has 0 aromatic carbocycles. The Kier molecular flexibility index (Phi) is 2.40. The fourth-order valence-electron chi connectivity index (χ4n) is 1.40. The summed E-state index contributed by atoms with van der Waals surface area (Å²) in [7, 11) is 0. The second-order valence-corrected chi connectivity index (χ2v) is 4.40. The number of aromatic nitrogens is 3. The quantitative estimate of drug-likeness (QED) is 0.792. The summed E-state index contributed by atoms with van der Waals surface area (Å²) >= 11 is 1.42. The second kappa shape index (κ2) is 3.58. The number of H-pyrrole nitrogens is 1. The Labute approximate surface area is 91.4 Å². The monoisotopic (exact) mass is 221 g/mol. The van der Waals surface area contributed by atoms with E-state index in [4.69, 9.17) is 0 Å². The minimum atomic E-state index is 0.0670. The first kappa shape index (κ1) is 10.0. The fourth-order valence-corrected chi connectivity index (χ4v) is 2.43. The lowest BCUT2D eigenvalue weighted by Crippen LogP contribution is -1.89. The van der Waals surface area contributed by atoms with Crippen LogP contribution < -0.4 is 0 Å². The molecular formula is C10H11N3OS. The SMILES string of the molecule is CC(=O)c1sc(-c2cn[nH]c2C)nc1C. The molecule has 78 valence electrons. The zero-order valence-electron chi connectivity index (χ0n) is 8.79. The minimum absolute atomic E-state index is 0.0670. The number of hydrogen-bond donors (Lipinski definition) is 1. The summed E-state index contributed by atoms with van der Waals surface area (Å²) < 4.78 is 0. The van der Waals surface area contributed by atoms with Crippen molar-refractivity contribution < 1.29 is 4.79 Å². The van der Waals surface area contributed by atoms with Crippen molar-refractivity contribution in [3.63, 3.8) is 0 Å². The maximum absolute atomic E-state index is 11.3. The molecule has 0 bridgehead atoms. The number of carbonyl (C=O) groups excluding carboxylic acids is 1. The van der Waals surface area contributed by atoms with Gasteiger partial charge in [-0.3, -0.25) is 9.89 Å². The average molecular weight is 221 g/mol. The average Bonchev–Trinajstić information content (AvgIpc) is 2.71. The van der Waals surface area contributed by atoms with E-state index in [2.05, 4.69) is 15.2 Å². The number of hydrogen-bond acceptors (Lipinski definition) is 4. The maximum atomic E-state index is 11.3. The van der Waals surface area contributed by atoms with Crippen LogP contribution in [0, 0.1) is 13.8 Å². The van der Waals surface area contributed by atoms with Crippen LogP contribution >= 0.6 is 11.3 Å². The summed E-state index contributed by atoms with van der Waals surface area (Å²) in [5.41, 5.74) is 2.73. The summed E-state index contributed by atoms with van der Waals surface area (Å²) in [6.07, 6.45) is 1.73. The van der Waals surface area contributed by atoms with E-state index in [-0.39, 0.29) is 5.78 Å². The van der Waals surface area contributed by atoms with Gasteiger partial charge in [-0.25, -0.2) is 4.98 Å². The Bertz CT molecular complexity index is 512. The van der Waals surface area contributed by atoms with Gasteiger partial charge in [-0.2, -0.15) is 5.10 Å². The molecule has 2 heterocycles. The molecule has 4 nitrogen and oxygen atoms in total. The molecule has 0 unspecified atom stereocenters. The van der Waals surface area contributed by atoms with Gasteiger partial charge in [0.15, 0.2) is 5.78 Å². The van der Waals surface area contributed by atoms with Crippen molar-refractivity contribution in [3.8, 4) is 10.6 Å². The first-order chi connectivity index (χ1) is 7.09. The van der Waals surface area contributed by atoms with Gasteiger partial charge in [-0.05, 0) is 13.8 Å². The molecule has 0 radical (unpaired) electrons. The maximum Gasteiger partial charge on any atom is 0.171 e. The van der Waals surface area contributed by atoms with E-state index in [0.717, 1.165) is 26.8 Å². The van der Waals surface area contributed by atoms with E-state index in [1.165, 1.54) is 11.3 Å². The lowest BCUT2D eigenvalue weighted by atomic mass is 10.3. The summed E-state index contributed by atoms with van der Waals surface area (Å²) in [4.78, 5) is 16.4. The molecule has 0 saturated heterocycles. The number of Topliss-reactive ketones (excluding diaryl/α,β-unsaturated/α-hetero) is 1. The molecular weight excluding hydrogens is 210 g/mol. The molecule has 2 rings (SSSR count). The highest BCUT2D eigenvalue weighted by atomic mass is 32.1. The lowest BCUT2D eigenvalue weighted by Gasteiger charge is -1.89. The largest absolute Gasteiger partial charge is 0.294 e. The van der Waals surface area contributed by atoms with Crippen molar-refractivity contribution in [1.29, 1.82) is 0 Å². The van der Waals surface area contributed by atoms with Crippen molar-refractivity contribution in [2.45, 2.75) is 20.8 Å². The molecule has 5 heteroatoms. The zero-order chi connectivity index (χ0) is 11.0. The van der Waals surface area contributed by atoms with Gasteiger partial charge in [0, 0.05) is 12.6 Å². The van der Waals surface area contributed by atoms with E-state index in [1.54, 1.807) is 13.1 Å². The van der Waals surface area contributed by atoms with E-state index >= 15 is 0 Å². The fraction of sp³-hybridized carbons (Fsp3) is 0.300. The van der Waals surface area contributed by atoms with Crippen molar-refractivity contribution in [2.75, 3.05) is 0 Å². The molecule has 0 aliphatic rings. The third-order valence-electron chi connectivity index (χ3n) is 2.18. The lowest BCUT2D eigenvalue weighted by molar-refractivity contribution is 0.102. The van der Waals surface area contributed by atoms with Crippen LogP contribution in [0.15, 0.2) is 6.20 Å². The van der Waals surface area contributed by atoms with Crippen molar-refractivity contribution in [3.05, 3.63) is 22.5 Å². The highest BCUT2D eigenvalue weighted by Gasteiger charge is 2.14. The van der Waals surface area contributed by atoms with Gasteiger partial charge in [-0.1, -0.05) is 0 Å². The molecule has 0 fully saturated rings. The van der Waals surface area contributed by atoms with E-state index in [9.17, 15) is 4.79 Å². The van der Waals surface area contributed by atoms with Gasteiger partial charge in [0.05, 0.1) is 22.3 Å². The summed E-state index contributed by atoms with van der Waals surface area (Å²) in [6, 6.07) is 0. The second-order valence-electron chi connectivity index (χ2n) is 3.40. The molecule has 0 saturated carbocycles. The molecule has 2 aromatic rings. The van der Waals surface area contributed by atoms with Crippen LogP contribution in [0.5, 0.6) is 0 Å². The predicted octanol–water partition coefficient (Wildman–Crippen LogP) is 2.35. The smallest absolute Gasteiger partial charge is 0.171 e. The van der Waals surface area contributed by atoms with Gasteiger partial charge < -0.3 is 0 Å². The molecule has 1 N–H and O–H groups in total. The van der Waals surface area contributed by atoms with Crippen LogP contribution in [0.3, 0.4) is 0 Å². The van der Waals surface area contributed by atoms with Crippen LogP contribution in [0.25, 0.3) is 10.6 Å². The number of aromatic amines is 1. The Balaban J connectivity index is 2.52. The van der Waals surface area contributed by atoms with Gasteiger partial charge in [0.1, 0.15) is 5.01 Å². The van der Waals surface area contributed by atoms with Crippen molar-refractivity contribution in [1.82, 2.24) is 15.2 Å². The highest BCUT2D eigenvalue weighted by molar-refractivity contribution is 7.17. The third kappa shape index (κ3) is 1.70. The minimum Gasteiger partial charge on any atom is -0.294 e. The first-order valence-electron chi connectivity index (χ1n) is 4.58. The predicted molar refractivity (Wildman–Crippen MR) is 59.2 cm³/mol. The van der Waals surface area contributed by atoms with Gasteiger partial charge in [0.2, 0.25) is 0 Å². The van der Waals surface area contributed by atoms with E-state index in [0.29, 0.717) is 0 Å². The Morgan fingerprint density at radius 2 is 2.20 bits per heavy atom. The molecule has 0 spiro atoms. The number of ketones is 1. The number of carbonyl (C=O) groups is 1. The van der Waals surface area contributed by atoms with E-state index < -0.39 is 0 Å². The topological polar surface area (TPSA) is 58.6 Å². The van der Waals surface area contributed by atoms with Crippen LogP contribution in [-0.2, 0) is 0 Å². The number of aryl methyl sites for hydroxylation is 2. The van der Waals surface area contributed by atoms with Crippen molar-refractivity contribution >= 4 is 17.1 Å². The third-order valence-corrected chi connectivity index (χ3v) is 3.47. The van der Waals surface area contributed by atoms with E-state index in [1.807, 2.05) is 13.8 Å². The molecule has 2 aromatic heterocycles. The Morgan fingerprint density at radius 1 is 1.47 bits per heavy atom. The Hall–Kier alpha value is -1.49. The zero-order valence-corrected chi connectivity index (χ0v) is 9.60. The van der Waals surface area contributed by atoms with Crippen molar-refractivity contribution in [2.24, 2.45) is 0 Å². The molecule has 0 atom stereocenters. The molecule has 15 heavy (non-hydrogen) atoms. The molecule has 0 aliphatic heterocycles. The van der Waals surface area contributed by atoms with Crippen LogP contribution in [0.2, 0.25) is 0 Å². The number of thiazole rings is 1. The van der Waals surface area contributed by atoms with Gasteiger partial charge in [0.25, 0.3) is 0 Å². The number of nitrogens with zero attached hydrogens (tertiary/aromatic N) is 2. The standard InChI is InChI=1S/C10H11N3OS/c1-5-8(4-11-13-5)10-12-6(2)9(15-10)7(3)14/h4H,1-3H3,(H,11,13). The van der Waals surface area contributed by atoms with Crippen LogP contribution in [-0.4, -0.2) is 21.0 Å². The highest BCUT2D eigenvalue weighted by Crippen LogP contribution is 2.29. The van der Waals surface area contributed by atoms with Crippen LogP contribution in [0.1, 0.15) is 28.0 Å². The molecule has 0 amide bonds.